The van der Waals surface area contributed by atoms with Crippen LogP contribution in [0.15, 0.2) is 41.5 Å². The van der Waals surface area contributed by atoms with Crippen molar-refractivity contribution >= 4 is 41.0 Å². The van der Waals surface area contributed by atoms with Crippen LogP contribution in [-0.4, -0.2) is 17.0 Å². The molecule has 0 saturated carbocycles. The van der Waals surface area contributed by atoms with Gasteiger partial charge in [-0.1, -0.05) is 23.2 Å². The van der Waals surface area contributed by atoms with Crippen molar-refractivity contribution in [3.05, 3.63) is 67.7 Å². The molecule has 0 aliphatic carbocycles. The first kappa shape index (κ1) is 16.7. The monoisotopic (exact) mass is 352 g/mol. The first-order valence-electron chi connectivity index (χ1n) is 6.12. The second-order valence-corrected chi connectivity index (χ2v) is 5.18. The lowest BCUT2D eigenvalue weighted by molar-refractivity contribution is -0.398. The summed E-state index contributed by atoms with van der Waals surface area (Å²) in [5.41, 5.74) is 1.73. The van der Waals surface area contributed by atoms with Gasteiger partial charge in [-0.05, 0) is 41.6 Å². The van der Waals surface area contributed by atoms with Crippen LogP contribution < -0.4 is 10.5 Å². The molecule has 0 radical (unpaired) electrons. The minimum Gasteiger partial charge on any atom is -0.867 e. The summed E-state index contributed by atoms with van der Waals surface area (Å²) >= 11 is 11.4. The van der Waals surface area contributed by atoms with Crippen molar-refractivity contribution in [1.82, 2.24) is 5.43 Å². The minimum absolute atomic E-state index is 0.0155. The van der Waals surface area contributed by atoms with Crippen LogP contribution in [0.1, 0.15) is 15.9 Å². The van der Waals surface area contributed by atoms with Gasteiger partial charge in [-0.3, -0.25) is 14.9 Å². The number of rotatable bonds is 4. The predicted octanol–water partition coefficient (Wildman–Crippen LogP) is 2.74. The molecule has 118 valence electrons. The Bertz CT molecular complexity index is 791. The van der Waals surface area contributed by atoms with Crippen LogP contribution in [0, 0.1) is 10.1 Å². The molecular formula is C14H8Cl2N3O4-. The third kappa shape index (κ3) is 4.18. The fourth-order valence-corrected chi connectivity index (χ4v) is 2.00. The van der Waals surface area contributed by atoms with Gasteiger partial charge < -0.3 is 5.11 Å². The van der Waals surface area contributed by atoms with Gasteiger partial charge in [0, 0.05) is 21.7 Å². The number of halogens is 2. The van der Waals surface area contributed by atoms with E-state index in [2.05, 4.69) is 10.5 Å². The Hall–Kier alpha value is -2.64. The molecule has 0 heterocycles. The number of nitrogens with zero attached hydrogens (tertiary/aromatic N) is 2. The van der Waals surface area contributed by atoms with E-state index in [1.807, 2.05) is 0 Å². The Morgan fingerprint density at radius 2 is 1.83 bits per heavy atom. The number of carbonyl (C=O) groups excluding carboxylic acids is 1. The van der Waals surface area contributed by atoms with Crippen molar-refractivity contribution in [2.45, 2.75) is 0 Å². The highest BCUT2D eigenvalue weighted by Crippen LogP contribution is 2.29. The Balaban J connectivity index is 2.16. The van der Waals surface area contributed by atoms with Crippen LogP contribution in [-0.2, 0) is 0 Å². The summed E-state index contributed by atoms with van der Waals surface area (Å²) in [6.45, 7) is 0. The van der Waals surface area contributed by atoms with Gasteiger partial charge in [0.25, 0.3) is 11.6 Å². The largest absolute Gasteiger partial charge is 0.867 e. The Morgan fingerprint density at radius 3 is 2.43 bits per heavy atom. The van der Waals surface area contributed by atoms with E-state index in [4.69, 9.17) is 23.2 Å². The van der Waals surface area contributed by atoms with Gasteiger partial charge in [0.15, 0.2) is 0 Å². The second kappa shape index (κ2) is 7.08. The zero-order valence-corrected chi connectivity index (χ0v) is 12.8. The third-order valence-corrected chi connectivity index (χ3v) is 3.21. The zero-order valence-electron chi connectivity index (χ0n) is 11.3. The predicted molar refractivity (Wildman–Crippen MR) is 84.1 cm³/mol. The van der Waals surface area contributed by atoms with E-state index in [9.17, 15) is 20.0 Å². The number of nitro groups is 1. The van der Waals surface area contributed by atoms with E-state index >= 15 is 0 Å². The first-order chi connectivity index (χ1) is 10.9. The molecule has 2 aromatic rings. The number of hydrogen-bond acceptors (Lipinski definition) is 5. The first-order valence-corrected chi connectivity index (χ1v) is 6.88. The molecule has 0 saturated heterocycles. The van der Waals surface area contributed by atoms with Gasteiger partial charge in [-0.2, -0.15) is 5.10 Å². The average molecular weight is 353 g/mol. The van der Waals surface area contributed by atoms with Gasteiger partial charge in [0.2, 0.25) is 0 Å². The topological polar surface area (TPSA) is 108 Å². The standard InChI is InChI=1S/C14H9Cl2N3O4/c15-10-3-1-8(2-4-10)14(21)18-17-7-9-5-11(16)6-12(13(9)20)19(22)23/h1-7,20H,(H,18,21)/p-1/b17-7+. The lowest BCUT2D eigenvalue weighted by Gasteiger charge is -2.10. The highest BCUT2D eigenvalue weighted by atomic mass is 35.5. The molecule has 9 heteroatoms. The maximum absolute atomic E-state index is 11.8. The third-order valence-electron chi connectivity index (χ3n) is 2.74. The summed E-state index contributed by atoms with van der Waals surface area (Å²) in [6.07, 6.45) is 0.995. The smallest absolute Gasteiger partial charge is 0.271 e. The number of hydrogen-bond donors (Lipinski definition) is 1. The Morgan fingerprint density at radius 1 is 1.17 bits per heavy atom. The number of nitrogens with one attached hydrogen (secondary N) is 1. The lowest BCUT2D eigenvalue weighted by Crippen LogP contribution is -2.17. The molecule has 0 fully saturated rings. The summed E-state index contributed by atoms with van der Waals surface area (Å²) < 4.78 is 0. The van der Waals surface area contributed by atoms with Crippen molar-refractivity contribution in [1.29, 1.82) is 0 Å². The number of nitro benzene ring substituents is 1. The van der Waals surface area contributed by atoms with Crippen LogP contribution in [0.4, 0.5) is 5.69 Å². The van der Waals surface area contributed by atoms with E-state index in [-0.39, 0.29) is 10.6 Å². The number of carbonyl (C=O) groups is 1. The molecule has 0 atom stereocenters. The van der Waals surface area contributed by atoms with Gasteiger partial charge in [0.1, 0.15) is 0 Å². The number of benzene rings is 2. The molecule has 0 bridgehead atoms. The number of amides is 1. The molecule has 2 aromatic carbocycles. The molecule has 1 N–H and O–H groups in total. The molecule has 7 nitrogen and oxygen atoms in total. The molecule has 23 heavy (non-hydrogen) atoms. The van der Waals surface area contributed by atoms with Crippen LogP contribution in [0.25, 0.3) is 0 Å². The molecule has 0 aromatic heterocycles. The summed E-state index contributed by atoms with van der Waals surface area (Å²) in [5, 5.41) is 26.7. The van der Waals surface area contributed by atoms with Crippen LogP contribution in [0.5, 0.6) is 5.75 Å². The maximum atomic E-state index is 11.8. The highest BCUT2D eigenvalue weighted by molar-refractivity contribution is 6.31. The fourth-order valence-electron chi connectivity index (χ4n) is 1.66. The van der Waals surface area contributed by atoms with Crippen molar-refractivity contribution < 1.29 is 14.8 Å². The zero-order chi connectivity index (χ0) is 17.0. The van der Waals surface area contributed by atoms with Crippen LogP contribution in [0.3, 0.4) is 0 Å². The molecule has 0 spiro atoms. The van der Waals surface area contributed by atoms with Crippen molar-refractivity contribution in [2.75, 3.05) is 0 Å². The average Bonchev–Trinajstić information content (AvgIpc) is 2.50. The van der Waals surface area contributed by atoms with E-state index < -0.39 is 22.3 Å². The molecular weight excluding hydrogens is 345 g/mol. The van der Waals surface area contributed by atoms with Crippen molar-refractivity contribution in [2.24, 2.45) is 5.10 Å². The molecule has 0 unspecified atom stereocenters. The highest BCUT2D eigenvalue weighted by Gasteiger charge is 2.11. The lowest BCUT2D eigenvalue weighted by atomic mass is 10.2. The van der Waals surface area contributed by atoms with Crippen molar-refractivity contribution in [3.8, 4) is 5.75 Å². The summed E-state index contributed by atoms with van der Waals surface area (Å²) in [5.74, 6) is -1.37. The Kier molecular flexibility index (Phi) is 5.15. The Labute approximate surface area is 140 Å². The van der Waals surface area contributed by atoms with Crippen LogP contribution in [0.2, 0.25) is 10.0 Å². The van der Waals surface area contributed by atoms with Crippen LogP contribution >= 0.6 is 23.2 Å². The van der Waals surface area contributed by atoms with Gasteiger partial charge >= 0.3 is 0 Å². The van der Waals surface area contributed by atoms with Crippen molar-refractivity contribution in [3.63, 3.8) is 0 Å². The summed E-state index contributed by atoms with van der Waals surface area (Å²) in [4.78, 5) is 21.7. The van der Waals surface area contributed by atoms with Gasteiger partial charge in [-0.15, -0.1) is 0 Å². The second-order valence-electron chi connectivity index (χ2n) is 4.31. The minimum atomic E-state index is -0.844. The van der Waals surface area contributed by atoms with E-state index in [1.165, 1.54) is 30.3 Å². The molecule has 1 amide bonds. The summed E-state index contributed by atoms with van der Waals surface area (Å²) in [6, 6.07) is 8.24. The molecule has 0 aliphatic rings. The normalized spacial score (nSPS) is 10.7. The summed E-state index contributed by atoms with van der Waals surface area (Å²) in [7, 11) is 0. The van der Waals surface area contributed by atoms with Gasteiger partial charge in [0.05, 0.1) is 11.1 Å². The molecule has 0 aliphatic heterocycles. The number of hydrazone groups is 1. The van der Waals surface area contributed by atoms with E-state index in [0.29, 0.717) is 10.6 Å². The maximum Gasteiger partial charge on any atom is 0.271 e. The molecule has 2 rings (SSSR count). The quantitative estimate of drug-likeness (QED) is 0.518. The van der Waals surface area contributed by atoms with Gasteiger partial charge in [-0.25, -0.2) is 5.43 Å². The SMILES string of the molecule is O=C(N/N=C/c1cc(Cl)cc([N+](=O)[O-])c1[O-])c1ccc(Cl)cc1. The van der Waals surface area contributed by atoms with E-state index in [1.54, 1.807) is 0 Å². The fraction of sp³-hybridized carbons (Fsp3) is 0. The van der Waals surface area contributed by atoms with E-state index in [0.717, 1.165) is 12.3 Å².